The Labute approximate surface area is 118 Å². The van der Waals surface area contributed by atoms with Gasteiger partial charge in [0.1, 0.15) is 22.8 Å². The molecule has 0 amide bonds. The molecule has 3 rings (SSSR count). The number of aliphatic hydroxyl groups is 1. The van der Waals surface area contributed by atoms with Gasteiger partial charge in [-0.05, 0) is 48.2 Å². The fraction of sp³-hybridized carbons (Fsp3) is 0.312. The first kappa shape index (κ1) is 12.9. The molecular formula is C16H17NO3. The number of ether oxygens (including phenoxy) is 2. The maximum absolute atomic E-state index is 11.1. The zero-order valence-corrected chi connectivity index (χ0v) is 11.6. The summed E-state index contributed by atoms with van der Waals surface area (Å²) in [5.41, 5.74) is 1.43. The van der Waals surface area contributed by atoms with Crippen molar-refractivity contribution in [3.8, 4) is 11.5 Å². The summed E-state index contributed by atoms with van der Waals surface area (Å²) in [6, 6.07) is 9.42. The maximum Gasteiger partial charge on any atom is 0.143 e. The maximum atomic E-state index is 11.1. The van der Waals surface area contributed by atoms with Crippen LogP contribution in [0.5, 0.6) is 11.5 Å². The van der Waals surface area contributed by atoms with Crippen LogP contribution in [0.4, 0.5) is 0 Å². The topological polar surface area (TPSA) is 51.6 Å². The molecule has 4 nitrogen and oxygen atoms in total. The minimum atomic E-state index is -1.11. The molecule has 0 saturated heterocycles. The van der Waals surface area contributed by atoms with Gasteiger partial charge in [0.25, 0.3) is 0 Å². The molecule has 0 aliphatic heterocycles. The van der Waals surface area contributed by atoms with Gasteiger partial charge in [-0.15, -0.1) is 0 Å². The van der Waals surface area contributed by atoms with E-state index in [1.165, 1.54) is 0 Å². The molecule has 20 heavy (non-hydrogen) atoms. The third kappa shape index (κ3) is 1.84. The molecule has 0 bridgehead atoms. The minimum Gasteiger partial charge on any atom is -0.497 e. The third-order valence-electron chi connectivity index (χ3n) is 3.90. The van der Waals surface area contributed by atoms with Crippen molar-refractivity contribution in [1.82, 2.24) is 4.98 Å². The van der Waals surface area contributed by atoms with E-state index in [1.54, 1.807) is 26.5 Å². The van der Waals surface area contributed by atoms with Crippen LogP contribution < -0.4 is 9.47 Å². The smallest absolute Gasteiger partial charge is 0.143 e. The lowest BCUT2D eigenvalue weighted by atomic mass is 9.91. The second-order valence-electron chi connectivity index (χ2n) is 4.94. The number of aryl methyl sites for hydroxylation is 1. The molecule has 1 aromatic carbocycles. The van der Waals surface area contributed by atoms with Crippen molar-refractivity contribution in [2.75, 3.05) is 14.2 Å². The summed E-state index contributed by atoms with van der Waals surface area (Å²) in [5, 5.41) is 11.1. The second kappa shape index (κ2) is 4.80. The summed E-state index contributed by atoms with van der Waals surface area (Å²) in [4.78, 5) is 4.34. The first-order chi connectivity index (χ1) is 9.69. The van der Waals surface area contributed by atoms with E-state index in [-0.39, 0.29) is 0 Å². The van der Waals surface area contributed by atoms with Crippen LogP contribution in [0.2, 0.25) is 0 Å². The molecular weight excluding hydrogens is 254 g/mol. The molecule has 104 valence electrons. The number of methoxy groups -OCH3 is 2. The summed E-state index contributed by atoms with van der Waals surface area (Å²) in [5.74, 6) is 1.34. The van der Waals surface area contributed by atoms with Crippen molar-refractivity contribution in [1.29, 1.82) is 0 Å². The van der Waals surface area contributed by atoms with Gasteiger partial charge in [-0.1, -0.05) is 6.07 Å². The van der Waals surface area contributed by atoms with Crippen LogP contribution >= 0.6 is 0 Å². The van der Waals surface area contributed by atoms with Gasteiger partial charge < -0.3 is 14.6 Å². The van der Waals surface area contributed by atoms with Crippen molar-refractivity contribution in [3.63, 3.8) is 0 Å². The molecule has 1 aliphatic rings. The zero-order chi connectivity index (χ0) is 14.2. The fourth-order valence-electron chi connectivity index (χ4n) is 2.85. The number of hydrogen-bond donors (Lipinski definition) is 1. The Balaban J connectivity index is 2.16. The molecule has 1 unspecified atom stereocenters. The molecule has 4 heteroatoms. The van der Waals surface area contributed by atoms with Crippen LogP contribution in [0.15, 0.2) is 36.5 Å². The Morgan fingerprint density at radius 1 is 1.20 bits per heavy atom. The van der Waals surface area contributed by atoms with E-state index >= 15 is 0 Å². The fourth-order valence-corrected chi connectivity index (χ4v) is 2.85. The highest BCUT2D eigenvalue weighted by molar-refractivity contribution is 5.50. The first-order valence-corrected chi connectivity index (χ1v) is 6.58. The largest absolute Gasteiger partial charge is 0.497 e. The number of rotatable bonds is 3. The van der Waals surface area contributed by atoms with Gasteiger partial charge in [-0.25, -0.2) is 0 Å². The molecule has 1 atom stereocenters. The highest BCUT2D eigenvalue weighted by Crippen LogP contribution is 2.45. The SMILES string of the molecule is COc1ccc2c(c1)C(O)(c1ncccc1OC)CC2. The van der Waals surface area contributed by atoms with Crippen LogP contribution in [0.25, 0.3) is 0 Å². The summed E-state index contributed by atoms with van der Waals surface area (Å²) in [6.07, 6.45) is 3.09. The van der Waals surface area contributed by atoms with Gasteiger partial charge in [-0.3, -0.25) is 4.98 Å². The van der Waals surface area contributed by atoms with E-state index in [1.807, 2.05) is 24.3 Å². The van der Waals surface area contributed by atoms with E-state index < -0.39 is 5.60 Å². The number of pyridine rings is 1. The van der Waals surface area contributed by atoms with Crippen molar-refractivity contribution < 1.29 is 14.6 Å². The second-order valence-corrected chi connectivity index (χ2v) is 4.94. The predicted octanol–water partition coefficient (Wildman–Crippen LogP) is 2.28. The first-order valence-electron chi connectivity index (χ1n) is 6.58. The number of aromatic nitrogens is 1. The molecule has 0 radical (unpaired) electrons. The molecule has 0 saturated carbocycles. The number of fused-ring (bicyclic) bond motifs is 1. The quantitative estimate of drug-likeness (QED) is 0.930. The van der Waals surface area contributed by atoms with E-state index in [9.17, 15) is 5.11 Å². The van der Waals surface area contributed by atoms with E-state index in [4.69, 9.17) is 9.47 Å². The van der Waals surface area contributed by atoms with Crippen molar-refractivity contribution in [2.45, 2.75) is 18.4 Å². The molecule has 1 heterocycles. The summed E-state index contributed by atoms with van der Waals surface area (Å²) in [6.45, 7) is 0. The van der Waals surface area contributed by atoms with Crippen molar-refractivity contribution in [3.05, 3.63) is 53.3 Å². The minimum absolute atomic E-state index is 0.564. The Hall–Kier alpha value is -2.07. The van der Waals surface area contributed by atoms with Crippen LogP contribution in [0.3, 0.4) is 0 Å². The normalized spacial score (nSPS) is 20.6. The van der Waals surface area contributed by atoms with Crippen LogP contribution in [0.1, 0.15) is 23.2 Å². The molecule has 1 aliphatic carbocycles. The van der Waals surface area contributed by atoms with Crippen LogP contribution in [0, 0.1) is 0 Å². The van der Waals surface area contributed by atoms with Gasteiger partial charge in [0.05, 0.1) is 14.2 Å². The van der Waals surface area contributed by atoms with Crippen molar-refractivity contribution in [2.24, 2.45) is 0 Å². The average Bonchev–Trinajstić information content (AvgIpc) is 2.85. The highest BCUT2D eigenvalue weighted by Gasteiger charge is 2.41. The predicted molar refractivity (Wildman–Crippen MR) is 75.1 cm³/mol. The van der Waals surface area contributed by atoms with Gasteiger partial charge in [-0.2, -0.15) is 0 Å². The zero-order valence-electron chi connectivity index (χ0n) is 11.6. The monoisotopic (exact) mass is 271 g/mol. The summed E-state index contributed by atoms with van der Waals surface area (Å²) < 4.78 is 10.6. The van der Waals surface area contributed by atoms with Crippen molar-refractivity contribution >= 4 is 0 Å². The standard InChI is InChI=1S/C16H17NO3/c1-19-12-6-5-11-7-8-16(18,13(11)10-12)15-14(20-2)4-3-9-17-15/h3-6,9-10,18H,7-8H2,1-2H3. The Morgan fingerprint density at radius 2 is 2.05 bits per heavy atom. The molecule has 1 N–H and O–H groups in total. The number of hydrogen-bond acceptors (Lipinski definition) is 4. The van der Waals surface area contributed by atoms with E-state index in [0.717, 1.165) is 23.3 Å². The average molecular weight is 271 g/mol. The van der Waals surface area contributed by atoms with Crippen LogP contribution in [-0.2, 0) is 12.0 Å². The Bertz CT molecular complexity index is 641. The summed E-state index contributed by atoms with van der Waals surface area (Å²) >= 11 is 0. The molecule has 0 spiro atoms. The number of benzene rings is 1. The molecule has 0 fully saturated rings. The van der Waals surface area contributed by atoms with Gasteiger partial charge in [0, 0.05) is 6.20 Å². The number of nitrogens with zero attached hydrogens (tertiary/aromatic N) is 1. The lowest BCUT2D eigenvalue weighted by molar-refractivity contribution is 0.0749. The Kier molecular flexibility index (Phi) is 3.10. The lowest BCUT2D eigenvalue weighted by Gasteiger charge is -2.25. The summed E-state index contributed by atoms with van der Waals surface area (Å²) in [7, 11) is 3.21. The van der Waals surface area contributed by atoms with Crippen LogP contribution in [-0.4, -0.2) is 24.3 Å². The lowest BCUT2D eigenvalue weighted by Crippen LogP contribution is -2.26. The highest BCUT2D eigenvalue weighted by atomic mass is 16.5. The van der Waals surface area contributed by atoms with E-state index in [0.29, 0.717) is 17.9 Å². The molecule has 2 aromatic rings. The van der Waals surface area contributed by atoms with Gasteiger partial charge in [0.15, 0.2) is 0 Å². The van der Waals surface area contributed by atoms with Gasteiger partial charge in [0.2, 0.25) is 0 Å². The Morgan fingerprint density at radius 3 is 2.80 bits per heavy atom. The van der Waals surface area contributed by atoms with E-state index in [2.05, 4.69) is 4.98 Å². The third-order valence-corrected chi connectivity index (χ3v) is 3.90. The van der Waals surface area contributed by atoms with Gasteiger partial charge >= 0.3 is 0 Å². The molecule has 1 aromatic heterocycles.